The van der Waals surface area contributed by atoms with Gasteiger partial charge in [0.05, 0.1) is 10.5 Å². The van der Waals surface area contributed by atoms with Gasteiger partial charge in [-0.3, -0.25) is 0 Å². The summed E-state index contributed by atoms with van der Waals surface area (Å²) in [5.74, 6) is -0.405. The van der Waals surface area contributed by atoms with Crippen LogP contribution in [-0.2, 0) is 4.79 Å². The van der Waals surface area contributed by atoms with Crippen molar-refractivity contribution in [1.29, 1.82) is 0 Å². The predicted molar refractivity (Wildman–Crippen MR) is 106 cm³/mol. The first-order valence-electron chi connectivity index (χ1n) is 8.29. The van der Waals surface area contributed by atoms with E-state index in [1.807, 2.05) is 18.3 Å². The Kier molecular flexibility index (Phi) is 6.90. The van der Waals surface area contributed by atoms with Crippen LogP contribution >= 0.6 is 11.3 Å². The van der Waals surface area contributed by atoms with Crippen LogP contribution in [0, 0.1) is 5.92 Å². The third kappa shape index (κ3) is 5.54. The van der Waals surface area contributed by atoms with E-state index >= 15 is 0 Å². The topological polar surface area (TPSA) is 50.2 Å². The van der Waals surface area contributed by atoms with Crippen LogP contribution in [0.2, 0.25) is 0 Å². The van der Waals surface area contributed by atoms with Crippen molar-refractivity contribution in [2.75, 3.05) is 0 Å². The van der Waals surface area contributed by atoms with Crippen LogP contribution in [0.5, 0.6) is 0 Å². The van der Waals surface area contributed by atoms with Gasteiger partial charge in [0.1, 0.15) is 5.01 Å². The van der Waals surface area contributed by atoms with E-state index in [4.69, 9.17) is 5.11 Å². The van der Waals surface area contributed by atoms with Gasteiger partial charge in [-0.1, -0.05) is 56.4 Å². The van der Waals surface area contributed by atoms with E-state index in [0.717, 1.165) is 16.3 Å². The Hall–Kier alpha value is -2.46. The lowest BCUT2D eigenvalue weighted by atomic mass is 10.0. The van der Waals surface area contributed by atoms with Crippen LogP contribution in [0.15, 0.2) is 66.0 Å². The highest BCUT2D eigenvalue weighted by atomic mass is 32.1. The average Bonchev–Trinajstić information content (AvgIpc) is 2.89. The summed E-state index contributed by atoms with van der Waals surface area (Å²) in [5, 5.41) is 9.84. The van der Waals surface area contributed by atoms with Crippen molar-refractivity contribution in [3.8, 4) is 0 Å². The molecule has 0 amide bonds. The van der Waals surface area contributed by atoms with Gasteiger partial charge in [-0.2, -0.15) is 0 Å². The summed E-state index contributed by atoms with van der Waals surface area (Å²) in [7, 11) is 0. The van der Waals surface area contributed by atoms with E-state index in [-0.39, 0.29) is 5.57 Å². The molecule has 0 saturated carbocycles. The van der Waals surface area contributed by atoms with Gasteiger partial charge in [-0.15, -0.1) is 11.3 Å². The van der Waals surface area contributed by atoms with Crippen molar-refractivity contribution in [2.45, 2.75) is 27.2 Å². The number of thiazole rings is 1. The van der Waals surface area contributed by atoms with Crippen LogP contribution in [0.1, 0.15) is 37.1 Å². The fourth-order valence-corrected chi connectivity index (χ4v) is 3.18. The van der Waals surface area contributed by atoms with Crippen molar-refractivity contribution in [3.63, 3.8) is 0 Å². The van der Waals surface area contributed by atoms with E-state index in [1.165, 1.54) is 11.1 Å². The zero-order valence-corrected chi connectivity index (χ0v) is 15.6. The lowest BCUT2D eigenvalue weighted by molar-refractivity contribution is -0.132. The number of rotatable bonds is 6. The summed E-state index contributed by atoms with van der Waals surface area (Å²) in [6, 6.07) is 0. The van der Waals surface area contributed by atoms with Crippen LogP contribution < -0.4 is 0 Å². The molecule has 0 fully saturated rings. The fraction of sp³-hybridized carbons (Fsp3) is 0.238. The molecule has 3 nitrogen and oxygen atoms in total. The highest BCUT2D eigenvalue weighted by molar-refractivity contribution is 7.13. The third-order valence-corrected chi connectivity index (χ3v) is 4.85. The van der Waals surface area contributed by atoms with Gasteiger partial charge < -0.3 is 5.11 Å². The number of allylic oxidation sites excluding steroid dienone is 9. The maximum atomic E-state index is 10.9. The van der Waals surface area contributed by atoms with Gasteiger partial charge >= 0.3 is 5.97 Å². The summed E-state index contributed by atoms with van der Waals surface area (Å²) >= 11 is 1.64. The Morgan fingerprint density at radius 3 is 2.80 bits per heavy atom. The van der Waals surface area contributed by atoms with Gasteiger partial charge in [0.25, 0.3) is 0 Å². The Balaban J connectivity index is 2.08. The molecule has 1 aromatic heterocycles. The summed E-state index contributed by atoms with van der Waals surface area (Å²) in [6.45, 7) is 6.10. The molecular weight excluding hydrogens is 330 g/mol. The molecule has 0 radical (unpaired) electrons. The Labute approximate surface area is 153 Å². The van der Waals surface area contributed by atoms with Crippen molar-refractivity contribution in [1.82, 2.24) is 4.98 Å². The van der Waals surface area contributed by atoms with Crippen molar-refractivity contribution in [2.24, 2.45) is 5.92 Å². The van der Waals surface area contributed by atoms with Gasteiger partial charge in [-0.05, 0) is 42.6 Å². The smallest absolute Gasteiger partial charge is 0.335 e. The molecule has 0 aliphatic heterocycles. The molecule has 1 heterocycles. The molecule has 25 heavy (non-hydrogen) atoms. The van der Waals surface area contributed by atoms with Crippen LogP contribution in [0.25, 0.3) is 11.6 Å². The minimum atomic E-state index is -0.925. The summed E-state index contributed by atoms with van der Waals surface area (Å²) in [6.07, 6.45) is 20.1. The Morgan fingerprint density at radius 2 is 2.12 bits per heavy atom. The highest BCUT2D eigenvalue weighted by Gasteiger charge is 2.07. The van der Waals surface area contributed by atoms with Crippen LogP contribution in [0.4, 0.5) is 0 Å². The SMILES string of the molecule is C\C=C(/C=C\C=C\c1ncc(C2=CC=C(C(C)C)C=CC2)s1)C(=O)O. The van der Waals surface area contributed by atoms with E-state index in [0.29, 0.717) is 5.92 Å². The van der Waals surface area contributed by atoms with Crippen molar-refractivity contribution in [3.05, 3.63) is 75.8 Å². The second-order valence-electron chi connectivity index (χ2n) is 5.95. The molecule has 1 aliphatic carbocycles. The molecule has 1 aliphatic rings. The largest absolute Gasteiger partial charge is 0.478 e. The zero-order chi connectivity index (χ0) is 18.2. The molecule has 4 heteroatoms. The second kappa shape index (κ2) is 9.14. The molecule has 0 saturated heterocycles. The maximum absolute atomic E-state index is 10.9. The minimum absolute atomic E-state index is 0.271. The highest BCUT2D eigenvalue weighted by Crippen LogP contribution is 2.28. The van der Waals surface area contributed by atoms with E-state index in [1.54, 1.807) is 36.5 Å². The molecular formula is C21H23NO2S. The number of carboxylic acids is 1. The molecule has 2 rings (SSSR count). The lowest BCUT2D eigenvalue weighted by Gasteiger charge is -2.02. The molecule has 1 N–H and O–H groups in total. The third-order valence-electron chi connectivity index (χ3n) is 3.82. The molecule has 0 spiro atoms. The predicted octanol–water partition coefficient (Wildman–Crippen LogP) is 5.67. The van der Waals surface area contributed by atoms with E-state index in [2.05, 4.69) is 43.1 Å². The first kappa shape index (κ1) is 18.9. The van der Waals surface area contributed by atoms with Crippen LogP contribution in [-0.4, -0.2) is 16.1 Å². The van der Waals surface area contributed by atoms with E-state index in [9.17, 15) is 4.79 Å². The Bertz CT molecular complexity index is 802. The monoisotopic (exact) mass is 353 g/mol. The number of carboxylic acid groups (broad SMARTS) is 1. The average molecular weight is 353 g/mol. The van der Waals surface area contributed by atoms with Gasteiger partial charge in [0.2, 0.25) is 0 Å². The summed E-state index contributed by atoms with van der Waals surface area (Å²) < 4.78 is 0. The lowest BCUT2D eigenvalue weighted by Crippen LogP contribution is -1.96. The van der Waals surface area contributed by atoms with Gasteiger partial charge in [0, 0.05) is 6.20 Å². The number of hydrogen-bond donors (Lipinski definition) is 1. The van der Waals surface area contributed by atoms with E-state index < -0.39 is 5.97 Å². The van der Waals surface area contributed by atoms with Gasteiger partial charge in [0.15, 0.2) is 0 Å². The number of hydrogen-bond acceptors (Lipinski definition) is 3. The standard InChI is InChI=1S/C21H23NO2S/c1-4-16(21(23)24)8-5-6-11-20-22-14-19(25-20)18-10-7-9-17(12-13-18)15(2)3/h4-9,11-15H,10H2,1-3H3,(H,23,24)/b8-5-,11-6+,16-4+. The second-order valence-corrected chi connectivity index (χ2v) is 7.01. The number of carbonyl (C=O) groups is 1. The molecule has 0 atom stereocenters. The van der Waals surface area contributed by atoms with Crippen molar-refractivity contribution >= 4 is 29.0 Å². The number of nitrogens with zero attached hydrogens (tertiary/aromatic N) is 1. The minimum Gasteiger partial charge on any atom is -0.478 e. The maximum Gasteiger partial charge on any atom is 0.335 e. The normalized spacial score (nSPS) is 15.8. The first-order chi connectivity index (χ1) is 12.0. The number of aromatic nitrogens is 1. The summed E-state index contributed by atoms with van der Waals surface area (Å²) in [5.41, 5.74) is 2.87. The zero-order valence-electron chi connectivity index (χ0n) is 14.8. The molecule has 0 bridgehead atoms. The summed E-state index contributed by atoms with van der Waals surface area (Å²) in [4.78, 5) is 16.5. The quantitative estimate of drug-likeness (QED) is 0.529. The molecule has 0 unspecified atom stereocenters. The molecule has 1 aromatic rings. The van der Waals surface area contributed by atoms with Gasteiger partial charge in [-0.25, -0.2) is 9.78 Å². The first-order valence-corrected chi connectivity index (χ1v) is 9.10. The number of aliphatic carboxylic acids is 1. The van der Waals surface area contributed by atoms with Crippen molar-refractivity contribution < 1.29 is 9.90 Å². The molecule has 0 aromatic carbocycles. The molecule has 130 valence electrons. The Morgan fingerprint density at radius 1 is 1.32 bits per heavy atom. The fourth-order valence-electron chi connectivity index (χ4n) is 2.31. The van der Waals surface area contributed by atoms with Crippen LogP contribution in [0.3, 0.4) is 0 Å².